The lowest BCUT2D eigenvalue weighted by atomic mass is 10.1. The zero-order valence-corrected chi connectivity index (χ0v) is 26.8. The lowest BCUT2D eigenvalue weighted by Crippen LogP contribution is -2.45. The first kappa shape index (κ1) is 39.9. The predicted octanol–water partition coefficient (Wildman–Crippen LogP) is 7.37. The number of hydrogen-bond acceptors (Lipinski definition) is 6. The molecule has 0 aliphatic heterocycles. The molecule has 240 valence electrons. The molecule has 3 atom stereocenters. The number of rotatable bonds is 27. The molecule has 0 saturated carbocycles. The van der Waals surface area contributed by atoms with E-state index in [4.69, 9.17) is 14.8 Å². The molecule has 0 spiro atoms. The Morgan fingerprint density at radius 2 is 1.36 bits per heavy atom. The standard InChI is InChI=1S/C33H57N2O6P/c1-3-5-7-9-11-13-14-15-16-17-18-19-21-23-25-27-33(37)35-31(30-41-42(38,39)40-29-28-34)32(36)26-24-22-20-12-10-8-6-4-2/h5,7,11,13,15-16,18-19,23-26,31-32,36H,3-4,6,8-10,12,14,17,20-22,27-30,34H2,1-2H3,(H,35,37)(H,38,39)/b7-5-,13-11-,16-15-,19-18-,25-23-,26-24+. The van der Waals surface area contributed by atoms with E-state index in [-0.39, 0.29) is 25.5 Å². The maximum atomic E-state index is 12.5. The first-order valence-corrected chi connectivity index (χ1v) is 17.1. The third-order valence-electron chi connectivity index (χ3n) is 6.07. The summed E-state index contributed by atoms with van der Waals surface area (Å²) in [6.45, 7) is 3.84. The molecule has 0 heterocycles. The second kappa shape index (κ2) is 29.0. The van der Waals surface area contributed by atoms with Crippen molar-refractivity contribution in [2.24, 2.45) is 5.73 Å². The SMILES string of the molecule is CC/C=C\C/C=C\C/C=C\C/C=C\C/C=C\CC(=O)NC(COP(=O)(O)OCCN)C(O)/C=C/CCCCCCCC. The van der Waals surface area contributed by atoms with Gasteiger partial charge in [0, 0.05) is 13.0 Å². The van der Waals surface area contributed by atoms with Gasteiger partial charge in [-0.1, -0.05) is 119 Å². The van der Waals surface area contributed by atoms with Crippen LogP contribution in [-0.2, 0) is 18.4 Å². The molecule has 5 N–H and O–H groups in total. The van der Waals surface area contributed by atoms with Crippen molar-refractivity contribution in [1.29, 1.82) is 0 Å². The number of amides is 1. The number of unbranched alkanes of at least 4 members (excludes halogenated alkanes) is 6. The molecular formula is C33H57N2O6P. The molecule has 0 aromatic rings. The van der Waals surface area contributed by atoms with Crippen LogP contribution in [0.5, 0.6) is 0 Å². The second-order valence-corrected chi connectivity index (χ2v) is 11.4. The van der Waals surface area contributed by atoms with Crippen LogP contribution in [0.3, 0.4) is 0 Å². The normalized spacial score (nSPS) is 15.6. The molecular weight excluding hydrogens is 551 g/mol. The Hall–Kier alpha value is -2.06. The fourth-order valence-corrected chi connectivity index (χ4v) is 4.48. The lowest BCUT2D eigenvalue weighted by Gasteiger charge is -2.23. The molecule has 0 radical (unpaired) electrons. The van der Waals surface area contributed by atoms with Crippen molar-refractivity contribution < 1.29 is 28.4 Å². The number of nitrogens with one attached hydrogen (secondary N) is 1. The Balaban J connectivity index is 4.60. The van der Waals surface area contributed by atoms with Crippen LogP contribution < -0.4 is 11.1 Å². The van der Waals surface area contributed by atoms with E-state index in [0.29, 0.717) is 6.42 Å². The molecule has 3 unspecified atom stereocenters. The highest BCUT2D eigenvalue weighted by Gasteiger charge is 2.26. The lowest BCUT2D eigenvalue weighted by molar-refractivity contribution is -0.122. The number of aliphatic hydroxyl groups is 1. The molecule has 1 amide bonds. The maximum absolute atomic E-state index is 12.5. The van der Waals surface area contributed by atoms with E-state index in [1.54, 1.807) is 12.2 Å². The molecule has 0 aromatic carbocycles. The summed E-state index contributed by atoms with van der Waals surface area (Å²) in [5.41, 5.74) is 5.31. The summed E-state index contributed by atoms with van der Waals surface area (Å²) in [6.07, 6.45) is 35.6. The van der Waals surface area contributed by atoms with Crippen LogP contribution in [0.25, 0.3) is 0 Å². The Morgan fingerprint density at radius 1 is 0.810 bits per heavy atom. The summed E-state index contributed by atoms with van der Waals surface area (Å²) in [5, 5.41) is 13.4. The topological polar surface area (TPSA) is 131 Å². The van der Waals surface area contributed by atoms with Crippen LogP contribution in [0.2, 0.25) is 0 Å². The van der Waals surface area contributed by atoms with Gasteiger partial charge in [0.15, 0.2) is 0 Å². The van der Waals surface area contributed by atoms with Gasteiger partial charge in [-0.3, -0.25) is 13.8 Å². The highest BCUT2D eigenvalue weighted by atomic mass is 31.2. The van der Waals surface area contributed by atoms with E-state index in [2.05, 4.69) is 61.7 Å². The Kier molecular flexibility index (Phi) is 27.6. The minimum atomic E-state index is -4.35. The number of allylic oxidation sites excluding steroid dienone is 10. The molecule has 42 heavy (non-hydrogen) atoms. The Bertz CT molecular complexity index is 882. The van der Waals surface area contributed by atoms with E-state index in [0.717, 1.165) is 44.9 Å². The van der Waals surface area contributed by atoms with Crippen molar-refractivity contribution >= 4 is 13.7 Å². The van der Waals surface area contributed by atoms with Gasteiger partial charge >= 0.3 is 7.82 Å². The number of phosphoric ester groups is 1. The number of carbonyl (C=O) groups excluding carboxylic acids is 1. The van der Waals surface area contributed by atoms with E-state index < -0.39 is 26.6 Å². The zero-order chi connectivity index (χ0) is 31.2. The molecule has 0 aromatic heterocycles. The highest BCUT2D eigenvalue weighted by molar-refractivity contribution is 7.47. The van der Waals surface area contributed by atoms with E-state index in [1.807, 2.05) is 18.2 Å². The molecule has 0 rings (SSSR count). The molecule has 0 saturated heterocycles. The van der Waals surface area contributed by atoms with Crippen molar-refractivity contribution in [2.45, 2.75) is 109 Å². The van der Waals surface area contributed by atoms with Crippen LogP contribution in [0.15, 0.2) is 72.9 Å². The minimum Gasteiger partial charge on any atom is -0.387 e. The quantitative estimate of drug-likeness (QED) is 0.0435. The van der Waals surface area contributed by atoms with Gasteiger partial charge in [0.2, 0.25) is 5.91 Å². The fourth-order valence-electron chi connectivity index (χ4n) is 3.72. The number of aliphatic hydroxyl groups excluding tert-OH is 1. The van der Waals surface area contributed by atoms with Crippen molar-refractivity contribution in [3.05, 3.63) is 72.9 Å². The molecule has 8 nitrogen and oxygen atoms in total. The molecule has 0 aliphatic carbocycles. The van der Waals surface area contributed by atoms with Crippen LogP contribution >= 0.6 is 7.82 Å². The zero-order valence-electron chi connectivity index (χ0n) is 25.9. The molecule has 0 fully saturated rings. The smallest absolute Gasteiger partial charge is 0.387 e. The third-order valence-corrected chi connectivity index (χ3v) is 7.05. The second-order valence-electron chi connectivity index (χ2n) is 9.95. The summed E-state index contributed by atoms with van der Waals surface area (Å²) < 4.78 is 21.8. The summed E-state index contributed by atoms with van der Waals surface area (Å²) in [7, 11) is -4.35. The van der Waals surface area contributed by atoms with Gasteiger partial charge in [0.1, 0.15) is 0 Å². The Morgan fingerprint density at radius 3 is 1.93 bits per heavy atom. The van der Waals surface area contributed by atoms with E-state index in [1.165, 1.54) is 25.7 Å². The summed E-state index contributed by atoms with van der Waals surface area (Å²) >= 11 is 0. The average Bonchev–Trinajstić information content (AvgIpc) is 2.97. The molecule has 9 heteroatoms. The molecule has 0 bridgehead atoms. The summed E-state index contributed by atoms with van der Waals surface area (Å²) in [6, 6.07) is -0.914. The van der Waals surface area contributed by atoms with Crippen LogP contribution in [0.4, 0.5) is 0 Å². The van der Waals surface area contributed by atoms with Gasteiger partial charge < -0.3 is 21.1 Å². The number of phosphoric acid groups is 1. The monoisotopic (exact) mass is 608 g/mol. The minimum absolute atomic E-state index is 0.0606. The predicted molar refractivity (Wildman–Crippen MR) is 175 cm³/mol. The van der Waals surface area contributed by atoms with E-state index in [9.17, 15) is 19.4 Å². The van der Waals surface area contributed by atoms with E-state index >= 15 is 0 Å². The van der Waals surface area contributed by atoms with Gasteiger partial charge in [-0.2, -0.15) is 0 Å². The van der Waals surface area contributed by atoms with Gasteiger partial charge in [0.05, 0.1) is 25.4 Å². The average molecular weight is 609 g/mol. The van der Waals surface area contributed by atoms with Crippen molar-refractivity contribution in [1.82, 2.24) is 5.32 Å². The first-order chi connectivity index (χ1) is 20.4. The number of nitrogens with two attached hydrogens (primary N) is 1. The van der Waals surface area contributed by atoms with Gasteiger partial charge in [-0.05, 0) is 44.9 Å². The first-order valence-electron chi connectivity index (χ1n) is 15.6. The highest BCUT2D eigenvalue weighted by Crippen LogP contribution is 2.43. The van der Waals surface area contributed by atoms with Crippen LogP contribution in [0.1, 0.15) is 97.3 Å². The number of carbonyl (C=O) groups is 1. The Labute approximate surface area is 255 Å². The molecule has 0 aliphatic rings. The van der Waals surface area contributed by atoms with Crippen LogP contribution in [-0.4, -0.2) is 47.8 Å². The fraction of sp³-hybridized carbons (Fsp3) is 0.606. The van der Waals surface area contributed by atoms with Gasteiger partial charge in [-0.25, -0.2) is 4.57 Å². The van der Waals surface area contributed by atoms with Crippen molar-refractivity contribution in [3.63, 3.8) is 0 Å². The van der Waals surface area contributed by atoms with Crippen molar-refractivity contribution in [3.8, 4) is 0 Å². The largest absolute Gasteiger partial charge is 0.472 e. The van der Waals surface area contributed by atoms with Gasteiger partial charge in [-0.15, -0.1) is 0 Å². The summed E-state index contributed by atoms with van der Waals surface area (Å²) in [4.78, 5) is 22.3. The van der Waals surface area contributed by atoms with Crippen molar-refractivity contribution in [2.75, 3.05) is 19.8 Å². The number of hydrogen-bond donors (Lipinski definition) is 4. The maximum Gasteiger partial charge on any atom is 0.472 e. The van der Waals surface area contributed by atoms with Gasteiger partial charge in [0.25, 0.3) is 0 Å². The summed E-state index contributed by atoms with van der Waals surface area (Å²) in [5.74, 6) is -0.330. The van der Waals surface area contributed by atoms with Crippen LogP contribution in [0, 0.1) is 0 Å². The third kappa shape index (κ3) is 26.8.